The zero-order valence-electron chi connectivity index (χ0n) is 13.4. The molecule has 0 N–H and O–H groups in total. The molecule has 0 saturated carbocycles. The van der Waals surface area contributed by atoms with Gasteiger partial charge in [0.2, 0.25) is 0 Å². The first-order valence-corrected chi connectivity index (χ1v) is 8.11. The van der Waals surface area contributed by atoms with Gasteiger partial charge < -0.3 is 9.47 Å². The molecule has 0 saturated heterocycles. The number of hydrogen-bond acceptors (Lipinski definition) is 2. The SMILES string of the molecule is [B]C1(C)C=Cc2c3c(c4ccccc4c2O1)-c1ccccc1OC3. The molecule has 0 aromatic heterocycles. The molecular formula is C21H15BO2. The van der Waals surface area contributed by atoms with Crippen LogP contribution in [0.15, 0.2) is 54.6 Å². The average molecular weight is 310 g/mol. The maximum atomic E-state index is 6.20. The van der Waals surface area contributed by atoms with Crippen molar-refractivity contribution < 1.29 is 9.47 Å². The Hall–Kier alpha value is -2.68. The minimum absolute atomic E-state index is 0.536. The molecule has 0 spiro atoms. The predicted molar refractivity (Wildman–Crippen MR) is 97.5 cm³/mol. The van der Waals surface area contributed by atoms with Crippen LogP contribution in [0.3, 0.4) is 0 Å². The van der Waals surface area contributed by atoms with Crippen molar-refractivity contribution in [2.24, 2.45) is 0 Å². The second-order valence-electron chi connectivity index (χ2n) is 6.55. The van der Waals surface area contributed by atoms with Gasteiger partial charge in [0.25, 0.3) is 0 Å². The van der Waals surface area contributed by atoms with Gasteiger partial charge >= 0.3 is 0 Å². The Morgan fingerprint density at radius 1 is 1.00 bits per heavy atom. The molecule has 0 bridgehead atoms. The van der Waals surface area contributed by atoms with E-state index in [0.29, 0.717) is 6.61 Å². The topological polar surface area (TPSA) is 18.5 Å². The Balaban J connectivity index is 1.94. The number of para-hydroxylation sites is 1. The summed E-state index contributed by atoms with van der Waals surface area (Å²) in [6.45, 7) is 2.40. The molecule has 2 nitrogen and oxygen atoms in total. The Kier molecular flexibility index (Phi) is 2.67. The molecule has 2 heterocycles. The number of benzene rings is 3. The van der Waals surface area contributed by atoms with Gasteiger partial charge in [-0.1, -0.05) is 54.6 Å². The number of rotatable bonds is 0. The molecule has 2 radical (unpaired) electrons. The van der Waals surface area contributed by atoms with Gasteiger partial charge in [-0.25, -0.2) is 0 Å². The minimum atomic E-state index is -0.794. The molecule has 3 heteroatoms. The van der Waals surface area contributed by atoms with Gasteiger partial charge in [-0.2, -0.15) is 0 Å². The molecule has 24 heavy (non-hydrogen) atoms. The van der Waals surface area contributed by atoms with Crippen LogP contribution in [0.2, 0.25) is 0 Å². The quantitative estimate of drug-likeness (QED) is 0.561. The van der Waals surface area contributed by atoms with E-state index >= 15 is 0 Å². The molecule has 1 atom stereocenters. The summed E-state index contributed by atoms with van der Waals surface area (Å²) in [5.41, 5.74) is 3.81. The van der Waals surface area contributed by atoms with E-state index in [1.54, 1.807) is 0 Å². The van der Waals surface area contributed by atoms with Crippen LogP contribution in [0.5, 0.6) is 11.5 Å². The van der Waals surface area contributed by atoms with Crippen molar-refractivity contribution in [3.63, 3.8) is 0 Å². The fourth-order valence-corrected chi connectivity index (χ4v) is 3.67. The molecule has 3 aromatic rings. The second-order valence-corrected chi connectivity index (χ2v) is 6.55. The van der Waals surface area contributed by atoms with Gasteiger partial charge in [0.1, 0.15) is 26.0 Å². The van der Waals surface area contributed by atoms with Crippen LogP contribution in [-0.2, 0) is 6.61 Å². The van der Waals surface area contributed by atoms with Crippen LogP contribution in [0.25, 0.3) is 28.0 Å². The van der Waals surface area contributed by atoms with E-state index in [1.807, 2.05) is 31.2 Å². The Bertz CT molecular complexity index is 1020. The lowest BCUT2D eigenvalue weighted by molar-refractivity contribution is 0.225. The van der Waals surface area contributed by atoms with Crippen LogP contribution in [-0.4, -0.2) is 13.3 Å². The summed E-state index contributed by atoms with van der Waals surface area (Å²) < 4.78 is 12.1. The van der Waals surface area contributed by atoms with Crippen molar-refractivity contribution in [1.82, 2.24) is 0 Å². The smallest absolute Gasteiger partial charge is 0.137 e. The molecular weight excluding hydrogens is 295 g/mol. The van der Waals surface area contributed by atoms with Crippen molar-refractivity contribution in [2.45, 2.75) is 19.0 Å². The zero-order valence-corrected chi connectivity index (χ0v) is 13.4. The molecule has 0 aliphatic carbocycles. The fourth-order valence-electron chi connectivity index (χ4n) is 3.67. The van der Waals surface area contributed by atoms with Crippen molar-refractivity contribution in [3.8, 4) is 22.6 Å². The summed E-state index contributed by atoms with van der Waals surface area (Å²) >= 11 is 0. The van der Waals surface area contributed by atoms with Crippen LogP contribution in [0.1, 0.15) is 18.1 Å². The Morgan fingerprint density at radius 3 is 2.62 bits per heavy atom. The van der Waals surface area contributed by atoms with E-state index in [-0.39, 0.29) is 0 Å². The molecule has 1 unspecified atom stereocenters. The van der Waals surface area contributed by atoms with Crippen LogP contribution in [0.4, 0.5) is 0 Å². The van der Waals surface area contributed by atoms with Crippen LogP contribution >= 0.6 is 0 Å². The maximum absolute atomic E-state index is 6.20. The lowest BCUT2D eigenvalue weighted by atomic mass is 9.79. The first kappa shape index (κ1) is 13.7. The monoisotopic (exact) mass is 310 g/mol. The number of ether oxygens (including phenoxy) is 2. The first-order chi connectivity index (χ1) is 11.6. The minimum Gasteiger partial charge on any atom is -0.492 e. The summed E-state index contributed by atoms with van der Waals surface area (Å²) in [5, 5.41) is 2.26. The van der Waals surface area contributed by atoms with Gasteiger partial charge in [-0.15, -0.1) is 0 Å². The molecule has 114 valence electrons. The lowest BCUT2D eigenvalue weighted by Crippen LogP contribution is -2.32. The van der Waals surface area contributed by atoms with E-state index in [9.17, 15) is 0 Å². The highest BCUT2D eigenvalue weighted by Gasteiger charge is 2.30. The third kappa shape index (κ3) is 1.84. The molecule has 0 amide bonds. The Labute approximate surface area is 142 Å². The molecule has 3 aromatic carbocycles. The van der Waals surface area contributed by atoms with E-state index in [0.717, 1.165) is 33.6 Å². The van der Waals surface area contributed by atoms with E-state index in [1.165, 1.54) is 10.9 Å². The Morgan fingerprint density at radius 2 is 1.75 bits per heavy atom. The standard InChI is InChI=1S/C21H15BO2/c1-21(22)11-10-15-17-12-23-18-9-5-4-8-16(18)19(17)13-6-2-3-7-14(13)20(15)24-21/h2-11H,12H2,1H3. The summed E-state index contributed by atoms with van der Waals surface area (Å²) in [6.07, 6.45) is 3.98. The molecule has 2 aliphatic heterocycles. The summed E-state index contributed by atoms with van der Waals surface area (Å²) in [4.78, 5) is 0. The third-order valence-corrected chi connectivity index (χ3v) is 4.74. The largest absolute Gasteiger partial charge is 0.492 e. The second kappa shape index (κ2) is 4.67. The average Bonchev–Trinajstić information content (AvgIpc) is 2.60. The predicted octanol–water partition coefficient (Wildman–Crippen LogP) is 4.69. The lowest BCUT2D eigenvalue weighted by Gasteiger charge is -2.33. The first-order valence-electron chi connectivity index (χ1n) is 8.11. The van der Waals surface area contributed by atoms with Crippen molar-refractivity contribution in [3.05, 3.63) is 65.7 Å². The van der Waals surface area contributed by atoms with Gasteiger partial charge in [0, 0.05) is 27.6 Å². The fraction of sp³-hybridized carbons (Fsp3) is 0.143. The normalized spacial score (nSPS) is 20.5. The van der Waals surface area contributed by atoms with E-state index in [2.05, 4.69) is 36.4 Å². The number of hydrogen-bond donors (Lipinski definition) is 0. The van der Waals surface area contributed by atoms with E-state index < -0.39 is 5.50 Å². The van der Waals surface area contributed by atoms with Crippen LogP contribution in [0, 0.1) is 0 Å². The van der Waals surface area contributed by atoms with Gasteiger partial charge in [-0.3, -0.25) is 0 Å². The van der Waals surface area contributed by atoms with E-state index in [4.69, 9.17) is 17.3 Å². The van der Waals surface area contributed by atoms with Gasteiger partial charge in [0.15, 0.2) is 0 Å². The summed E-state index contributed by atoms with van der Waals surface area (Å²) in [5.74, 6) is 1.78. The highest BCUT2D eigenvalue weighted by molar-refractivity contribution is 6.17. The highest BCUT2D eigenvalue weighted by atomic mass is 16.5. The molecule has 5 rings (SSSR count). The third-order valence-electron chi connectivity index (χ3n) is 4.74. The number of fused-ring (bicyclic) bond motifs is 8. The van der Waals surface area contributed by atoms with Crippen LogP contribution < -0.4 is 9.47 Å². The summed E-state index contributed by atoms with van der Waals surface area (Å²) in [7, 11) is 6.20. The molecule has 2 aliphatic rings. The van der Waals surface area contributed by atoms with Crippen molar-refractivity contribution in [1.29, 1.82) is 0 Å². The van der Waals surface area contributed by atoms with Crippen molar-refractivity contribution in [2.75, 3.05) is 0 Å². The maximum Gasteiger partial charge on any atom is 0.137 e. The van der Waals surface area contributed by atoms with Gasteiger partial charge in [-0.05, 0) is 18.4 Å². The highest BCUT2D eigenvalue weighted by Crippen LogP contribution is 2.49. The zero-order chi connectivity index (χ0) is 16.3. The molecule has 0 fully saturated rings. The van der Waals surface area contributed by atoms with Crippen molar-refractivity contribution >= 4 is 24.7 Å². The van der Waals surface area contributed by atoms with Gasteiger partial charge in [0.05, 0.1) is 5.50 Å². The summed E-state index contributed by atoms with van der Waals surface area (Å²) in [6, 6.07) is 16.5.